The molecule has 0 aromatic carbocycles. The zero-order valence-corrected chi connectivity index (χ0v) is 9.27. The van der Waals surface area contributed by atoms with E-state index in [-0.39, 0.29) is 13.1 Å². The molecular weight excluding hydrogens is 230 g/mol. The summed E-state index contributed by atoms with van der Waals surface area (Å²) in [5.74, 6) is -0.480. The van der Waals surface area contributed by atoms with Crippen LogP contribution in [0.5, 0.6) is 0 Å². The van der Waals surface area contributed by atoms with Gasteiger partial charge in [-0.1, -0.05) is 6.07 Å². The van der Waals surface area contributed by atoms with Gasteiger partial charge in [0, 0.05) is 18.9 Å². The van der Waals surface area contributed by atoms with Gasteiger partial charge in [-0.25, -0.2) is 4.72 Å². The fraction of sp³-hybridized carbons (Fsp3) is 0.333. The first-order valence-electron chi connectivity index (χ1n) is 4.77. The Morgan fingerprint density at radius 1 is 1.50 bits per heavy atom. The minimum absolute atomic E-state index is 0.0946. The number of carbonyl (C=O) groups is 1. The topological polar surface area (TPSA) is 79.4 Å². The Kier molecular flexibility index (Phi) is 2.88. The number of hydrogen-bond donors (Lipinski definition) is 1. The van der Waals surface area contributed by atoms with Gasteiger partial charge in [-0.2, -0.15) is 12.7 Å². The minimum Gasteiger partial charge on any atom is -0.272 e. The maximum atomic E-state index is 11.4. The molecule has 86 valence electrons. The van der Waals surface area contributed by atoms with Crippen molar-refractivity contribution in [3.8, 4) is 0 Å². The fourth-order valence-electron chi connectivity index (χ4n) is 1.48. The van der Waals surface area contributed by atoms with Crippen molar-refractivity contribution in [3.63, 3.8) is 0 Å². The van der Waals surface area contributed by atoms with Crippen molar-refractivity contribution in [2.24, 2.45) is 0 Å². The van der Waals surface area contributed by atoms with E-state index in [0.29, 0.717) is 6.42 Å². The number of nitrogens with zero attached hydrogens (tertiary/aromatic N) is 2. The normalized spacial score (nSPS) is 19.6. The molecule has 1 fully saturated rings. The van der Waals surface area contributed by atoms with Crippen LogP contribution >= 0.6 is 0 Å². The van der Waals surface area contributed by atoms with E-state index in [1.54, 1.807) is 18.5 Å². The van der Waals surface area contributed by atoms with Gasteiger partial charge in [0.25, 0.3) is 0 Å². The fourth-order valence-corrected chi connectivity index (χ4v) is 2.59. The molecule has 1 aliphatic heterocycles. The summed E-state index contributed by atoms with van der Waals surface area (Å²) in [6.07, 6.45) is 3.88. The average molecular weight is 241 g/mol. The first-order valence-corrected chi connectivity index (χ1v) is 6.21. The van der Waals surface area contributed by atoms with Crippen LogP contribution in [0.4, 0.5) is 0 Å². The van der Waals surface area contributed by atoms with Gasteiger partial charge >= 0.3 is 10.2 Å². The van der Waals surface area contributed by atoms with Gasteiger partial charge in [0.2, 0.25) is 5.91 Å². The van der Waals surface area contributed by atoms with Crippen LogP contribution in [0.2, 0.25) is 0 Å². The number of amides is 1. The van der Waals surface area contributed by atoms with Crippen molar-refractivity contribution >= 4 is 16.1 Å². The van der Waals surface area contributed by atoms with Crippen molar-refractivity contribution in [1.82, 2.24) is 14.0 Å². The Morgan fingerprint density at radius 3 is 2.88 bits per heavy atom. The predicted molar refractivity (Wildman–Crippen MR) is 56.6 cm³/mol. The lowest BCUT2D eigenvalue weighted by atomic mass is 10.2. The van der Waals surface area contributed by atoms with E-state index in [1.807, 2.05) is 10.8 Å². The van der Waals surface area contributed by atoms with Gasteiger partial charge in [0.05, 0.1) is 6.54 Å². The van der Waals surface area contributed by atoms with Gasteiger partial charge in [-0.15, -0.1) is 0 Å². The van der Waals surface area contributed by atoms with Crippen LogP contribution in [-0.2, 0) is 21.4 Å². The molecule has 2 rings (SSSR count). The molecule has 6 nitrogen and oxygen atoms in total. The summed E-state index contributed by atoms with van der Waals surface area (Å²) in [5.41, 5.74) is 0.942. The first-order chi connectivity index (χ1) is 7.58. The Bertz CT molecular complexity index is 486. The lowest BCUT2D eigenvalue weighted by molar-refractivity contribution is -0.118. The molecule has 1 aliphatic rings. The van der Waals surface area contributed by atoms with E-state index in [0.717, 1.165) is 9.87 Å². The summed E-state index contributed by atoms with van der Waals surface area (Å²) < 4.78 is 25.8. The van der Waals surface area contributed by atoms with Crippen molar-refractivity contribution in [3.05, 3.63) is 30.1 Å². The highest BCUT2D eigenvalue weighted by atomic mass is 32.2. The molecule has 0 bridgehead atoms. The number of rotatable bonds is 3. The Labute approximate surface area is 93.5 Å². The smallest absolute Gasteiger partial charge is 0.272 e. The summed E-state index contributed by atoms with van der Waals surface area (Å²) in [5, 5.41) is 0. The summed E-state index contributed by atoms with van der Waals surface area (Å²) in [7, 11) is -3.59. The molecule has 2 heterocycles. The van der Waals surface area contributed by atoms with E-state index in [1.165, 1.54) is 0 Å². The van der Waals surface area contributed by atoms with Crippen LogP contribution in [0.15, 0.2) is 24.5 Å². The van der Waals surface area contributed by atoms with Gasteiger partial charge in [0.1, 0.15) is 0 Å². The lowest BCUT2D eigenvalue weighted by Gasteiger charge is -2.11. The maximum Gasteiger partial charge on any atom is 0.304 e. The molecule has 1 aromatic rings. The molecule has 16 heavy (non-hydrogen) atoms. The highest BCUT2D eigenvalue weighted by molar-refractivity contribution is 7.88. The Hall–Kier alpha value is -1.47. The van der Waals surface area contributed by atoms with Crippen LogP contribution in [0, 0.1) is 0 Å². The van der Waals surface area contributed by atoms with Crippen molar-refractivity contribution in [2.75, 3.05) is 13.1 Å². The summed E-state index contributed by atoms with van der Waals surface area (Å²) in [4.78, 5) is 14.9. The molecule has 1 saturated heterocycles. The van der Waals surface area contributed by atoms with Crippen LogP contribution < -0.4 is 4.72 Å². The average Bonchev–Trinajstić information content (AvgIpc) is 2.50. The number of aromatic nitrogens is 1. The zero-order chi connectivity index (χ0) is 11.6. The van der Waals surface area contributed by atoms with Crippen LogP contribution in [-0.4, -0.2) is 36.7 Å². The second-order valence-corrected chi connectivity index (χ2v) is 5.15. The number of nitrogens with one attached hydrogen (secondary N) is 1. The van der Waals surface area contributed by atoms with Crippen LogP contribution in [0.25, 0.3) is 0 Å². The third kappa shape index (κ3) is 2.37. The first kappa shape index (κ1) is 11.0. The quantitative estimate of drug-likeness (QED) is 0.759. The van der Waals surface area contributed by atoms with E-state index in [2.05, 4.69) is 4.98 Å². The predicted octanol–water partition coefficient (Wildman–Crippen LogP) is -0.699. The monoisotopic (exact) mass is 241 g/mol. The zero-order valence-electron chi connectivity index (χ0n) is 8.46. The van der Waals surface area contributed by atoms with E-state index < -0.39 is 16.1 Å². The molecular formula is C9H11N3O3S. The molecule has 0 radical (unpaired) electrons. The molecule has 7 heteroatoms. The van der Waals surface area contributed by atoms with Crippen molar-refractivity contribution < 1.29 is 13.2 Å². The van der Waals surface area contributed by atoms with Gasteiger partial charge < -0.3 is 0 Å². The van der Waals surface area contributed by atoms with E-state index in [4.69, 9.17) is 0 Å². The molecule has 0 spiro atoms. The van der Waals surface area contributed by atoms with Gasteiger partial charge in [-0.3, -0.25) is 9.78 Å². The van der Waals surface area contributed by atoms with Crippen molar-refractivity contribution in [2.45, 2.75) is 6.42 Å². The van der Waals surface area contributed by atoms with E-state index in [9.17, 15) is 13.2 Å². The minimum atomic E-state index is -3.59. The van der Waals surface area contributed by atoms with Gasteiger partial charge in [0.15, 0.2) is 0 Å². The molecule has 1 aromatic heterocycles. The highest BCUT2D eigenvalue weighted by Crippen LogP contribution is 2.07. The van der Waals surface area contributed by atoms with E-state index >= 15 is 0 Å². The van der Waals surface area contributed by atoms with Gasteiger partial charge in [-0.05, 0) is 18.1 Å². The SMILES string of the molecule is O=C1CN(CCc2cccnc2)S(=O)(=O)N1. The molecule has 0 unspecified atom stereocenters. The lowest BCUT2D eigenvalue weighted by Crippen LogP contribution is -2.31. The summed E-state index contributed by atoms with van der Waals surface area (Å²) in [6.45, 7) is 0.190. The highest BCUT2D eigenvalue weighted by Gasteiger charge is 2.33. The molecule has 0 saturated carbocycles. The third-order valence-electron chi connectivity index (χ3n) is 2.28. The Balaban J connectivity index is 1.99. The number of hydrogen-bond acceptors (Lipinski definition) is 4. The standard InChI is InChI=1S/C9H11N3O3S/c13-9-7-12(16(14,15)11-9)5-3-8-2-1-4-10-6-8/h1-2,4,6H,3,5,7H2,(H,11,13). The largest absolute Gasteiger partial charge is 0.304 e. The third-order valence-corrected chi connectivity index (χ3v) is 3.75. The van der Waals surface area contributed by atoms with Crippen LogP contribution in [0.1, 0.15) is 5.56 Å². The molecule has 1 N–H and O–H groups in total. The van der Waals surface area contributed by atoms with Crippen LogP contribution in [0.3, 0.4) is 0 Å². The Morgan fingerprint density at radius 2 is 2.31 bits per heavy atom. The maximum absolute atomic E-state index is 11.4. The summed E-state index contributed by atoms with van der Waals surface area (Å²) >= 11 is 0. The number of pyridine rings is 1. The van der Waals surface area contributed by atoms with Crippen molar-refractivity contribution in [1.29, 1.82) is 0 Å². The second-order valence-electron chi connectivity index (χ2n) is 3.48. The molecule has 1 amide bonds. The summed E-state index contributed by atoms with van der Waals surface area (Å²) in [6, 6.07) is 3.65. The molecule has 0 aliphatic carbocycles. The number of carbonyl (C=O) groups excluding carboxylic acids is 1. The molecule has 0 atom stereocenters. The second kappa shape index (κ2) is 4.18.